The van der Waals surface area contributed by atoms with Gasteiger partial charge in [-0.1, -0.05) is 12.1 Å². The molecular formula is C15H17N5. The second kappa shape index (κ2) is 5.02. The van der Waals surface area contributed by atoms with Gasteiger partial charge in [-0.2, -0.15) is 0 Å². The Morgan fingerprint density at radius 1 is 1.10 bits per heavy atom. The average molecular weight is 267 g/mol. The molecule has 3 aromatic rings. The third-order valence-electron chi connectivity index (χ3n) is 3.41. The summed E-state index contributed by atoms with van der Waals surface area (Å²) in [6.45, 7) is 4.48. The Morgan fingerprint density at radius 2 is 1.90 bits per heavy atom. The summed E-state index contributed by atoms with van der Waals surface area (Å²) in [5.41, 5.74) is 9.56. The molecule has 2 aromatic heterocycles. The molecule has 5 nitrogen and oxygen atoms in total. The molecule has 20 heavy (non-hydrogen) atoms. The smallest absolute Gasteiger partial charge is 0.157 e. The first-order valence-electron chi connectivity index (χ1n) is 6.67. The Hall–Kier alpha value is -2.27. The van der Waals surface area contributed by atoms with Gasteiger partial charge >= 0.3 is 0 Å². The molecule has 2 N–H and O–H groups in total. The molecule has 0 spiro atoms. The molecule has 0 bridgehead atoms. The van der Waals surface area contributed by atoms with Gasteiger partial charge in [0.1, 0.15) is 5.82 Å². The Balaban J connectivity index is 2.26. The highest BCUT2D eigenvalue weighted by Crippen LogP contribution is 2.20. The van der Waals surface area contributed by atoms with Crippen molar-refractivity contribution in [2.24, 2.45) is 5.73 Å². The van der Waals surface area contributed by atoms with Gasteiger partial charge in [0.05, 0.1) is 28.6 Å². The third-order valence-corrected chi connectivity index (χ3v) is 3.41. The number of para-hydroxylation sites is 2. The fourth-order valence-corrected chi connectivity index (χ4v) is 2.27. The number of hydrogen-bond acceptors (Lipinski definition) is 4. The normalized spacial score (nSPS) is 11.2. The van der Waals surface area contributed by atoms with Crippen LogP contribution in [-0.2, 0) is 6.42 Å². The largest absolute Gasteiger partial charge is 0.330 e. The van der Waals surface area contributed by atoms with E-state index in [4.69, 9.17) is 5.73 Å². The third kappa shape index (κ3) is 2.06. The van der Waals surface area contributed by atoms with Crippen LogP contribution in [0.25, 0.3) is 16.9 Å². The van der Waals surface area contributed by atoms with E-state index in [1.807, 2.05) is 42.7 Å². The lowest BCUT2D eigenvalue weighted by molar-refractivity contribution is 0.824. The number of benzene rings is 1. The summed E-state index contributed by atoms with van der Waals surface area (Å²) >= 11 is 0. The maximum Gasteiger partial charge on any atom is 0.157 e. The maximum absolute atomic E-state index is 5.69. The van der Waals surface area contributed by atoms with E-state index >= 15 is 0 Å². The Morgan fingerprint density at radius 3 is 2.65 bits per heavy atom. The van der Waals surface area contributed by atoms with Gasteiger partial charge < -0.3 is 5.73 Å². The number of hydrogen-bond donors (Lipinski definition) is 1. The molecule has 3 rings (SSSR count). The van der Waals surface area contributed by atoms with Gasteiger partial charge in [0, 0.05) is 6.42 Å². The number of imidazole rings is 1. The van der Waals surface area contributed by atoms with Crippen molar-refractivity contribution in [3.05, 3.63) is 47.7 Å². The van der Waals surface area contributed by atoms with Crippen LogP contribution in [0.2, 0.25) is 0 Å². The molecule has 2 heterocycles. The SMILES string of the molecule is Cc1ncc(-n2c(CCN)nc3ccccc32)nc1C. The lowest BCUT2D eigenvalue weighted by Gasteiger charge is -2.09. The fourth-order valence-electron chi connectivity index (χ4n) is 2.27. The van der Waals surface area contributed by atoms with E-state index in [2.05, 4.69) is 15.0 Å². The van der Waals surface area contributed by atoms with Crippen LogP contribution in [0.5, 0.6) is 0 Å². The molecule has 1 aromatic carbocycles. The van der Waals surface area contributed by atoms with Gasteiger partial charge in [0.15, 0.2) is 5.82 Å². The molecule has 0 unspecified atom stereocenters. The van der Waals surface area contributed by atoms with Crippen molar-refractivity contribution in [2.75, 3.05) is 6.54 Å². The first kappa shape index (κ1) is 12.7. The standard InChI is InChI=1S/C15H17N5/c1-10-11(2)18-15(9-17-10)20-13-6-4-3-5-12(13)19-14(20)7-8-16/h3-6,9H,7-8,16H2,1-2H3. The van der Waals surface area contributed by atoms with Crippen LogP contribution in [-0.4, -0.2) is 26.1 Å². The van der Waals surface area contributed by atoms with Crippen LogP contribution in [0.1, 0.15) is 17.2 Å². The summed E-state index contributed by atoms with van der Waals surface area (Å²) in [6, 6.07) is 8.03. The summed E-state index contributed by atoms with van der Waals surface area (Å²) in [5.74, 6) is 1.72. The highest BCUT2D eigenvalue weighted by molar-refractivity contribution is 5.77. The average Bonchev–Trinajstić information content (AvgIpc) is 2.80. The van der Waals surface area contributed by atoms with Crippen LogP contribution in [0.4, 0.5) is 0 Å². The van der Waals surface area contributed by atoms with Gasteiger partial charge in [0.25, 0.3) is 0 Å². The summed E-state index contributed by atoms with van der Waals surface area (Å²) in [7, 11) is 0. The zero-order chi connectivity index (χ0) is 14.1. The minimum atomic E-state index is 0.557. The number of aromatic nitrogens is 4. The summed E-state index contributed by atoms with van der Waals surface area (Å²) in [4.78, 5) is 13.7. The number of fused-ring (bicyclic) bond motifs is 1. The lowest BCUT2D eigenvalue weighted by atomic mass is 10.3. The first-order chi connectivity index (χ1) is 9.70. The number of nitrogens with zero attached hydrogens (tertiary/aromatic N) is 4. The minimum absolute atomic E-state index is 0.557. The summed E-state index contributed by atoms with van der Waals surface area (Å²) in [5, 5.41) is 0. The van der Waals surface area contributed by atoms with Crippen LogP contribution in [0.3, 0.4) is 0 Å². The molecule has 0 fully saturated rings. The van der Waals surface area contributed by atoms with Crippen molar-refractivity contribution in [1.82, 2.24) is 19.5 Å². The van der Waals surface area contributed by atoms with E-state index in [0.717, 1.165) is 34.1 Å². The van der Waals surface area contributed by atoms with E-state index in [1.165, 1.54) is 0 Å². The van der Waals surface area contributed by atoms with E-state index in [-0.39, 0.29) is 0 Å². The number of nitrogens with two attached hydrogens (primary N) is 1. The highest BCUT2D eigenvalue weighted by Gasteiger charge is 2.13. The summed E-state index contributed by atoms with van der Waals surface area (Å²) in [6.07, 6.45) is 2.50. The van der Waals surface area contributed by atoms with Crippen LogP contribution in [0.15, 0.2) is 30.5 Å². The minimum Gasteiger partial charge on any atom is -0.330 e. The second-order valence-corrected chi connectivity index (χ2v) is 4.79. The molecule has 102 valence electrons. The van der Waals surface area contributed by atoms with Crippen molar-refractivity contribution in [3.8, 4) is 5.82 Å². The van der Waals surface area contributed by atoms with Gasteiger partial charge in [-0.25, -0.2) is 9.97 Å². The predicted molar refractivity (Wildman–Crippen MR) is 78.9 cm³/mol. The number of rotatable bonds is 3. The van der Waals surface area contributed by atoms with Crippen LogP contribution >= 0.6 is 0 Å². The topological polar surface area (TPSA) is 69.6 Å². The zero-order valence-corrected chi connectivity index (χ0v) is 11.7. The lowest BCUT2D eigenvalue weighted by Crippen LogP contribution is -2.11. The van der Waals surface area contributed by atoms with Gasteiger partial charge in [-0.05, 0) is 32.5 Å². The van der Waals surface area contributed by atoms with Crippen molar-refractivity contribution in [2.45, 2.75) is 20.3 Å². The summed E-state index contributed by atoms with van der Waals surface area (Å²) < 4.78 is 2.04. The van der Waals surface area contributed by atoms with Gasteiger partial charge in [-0.3, -0.25) is 9.55 Å². The maximum atomic E-state index is 5.69. The van der Waals surface area contributed by atoms with Crippen molar-refractivity contribution in [3.63, 3.8) is 0 Å². The predicted octanol–water partition coefficient (Wildman–Crippen LogP) is 1.93. The van der Waals surface area contributed by atoms with Gasteiger partial charge in [-0.15, -0.1) is 0 Å². The zero-order valence-electron chi connectivity index (χ0n) is 11.7. The molecule has 0 aliphatic heterocycles. The monoisotopic (exact) mass is 267 g/mol. The van der Waals surface area contributed by atoms with Crippen molar-refractivity contribution in [1.29, 1.82) is 0 Å². The van der Waals surface area contributed by atoms with E-state index < -0.39 is 0 Å². The van der Waals surface area contributed by atoms with Crippen LogP contribution in [0, 0.1) is 13.8 Å². The highest BCUT2D eigenvalue weighted by atomic mass is 15.1. The molecule has 0 atom stereocenters. The molecule has 0 aliphatic rings. The Labute approximate surface area is 117 Å². The molecule has 0 amide bonds. The molecule has 5 heteroatoms. The van der Waals surface area contributed by atoms with Crippen LogP contribution < -0.4 is 5.73 Å². The second-order valence-electron chi connectivity index (χ2n) is 4.79. The first-order valence-corrected chi connectivity index (χ1v) is 6.67. The van der Waals surface area contributed by atoms with E-state index in [0.29, 0.717) is 13.0 Å². The molecule has 0 saturated carbocycles. The van der Waals surface area contributed by atoms with Gasteiger partial charge in [0.2, 0.25) is 0 Å². The molecular weight excluding hydrogens is 250 g/mol. The Bertz CT molecular complexity index is 760. The van der Waals surface area contributed by atoms with Crippen molar-refractivity contribution < 1.29 is 0 Å². The molecule has 0 radical (unpaired) electrons. The number of aryl methyl sites for hydroxylation is 2. The van der Waals surface area contributed by atoms with Crippen molar-refractivity contribution >= 4 is 11.0 Å². The molecule has 0 saturated heterocycles. The van der Waals surface area contributed by atoms with E-state index in [9.17, 15) is 0 Å². The Kier molecular flexibility index (Phi) is 3.20. The quantitative estimate of drug-likeness (QED) is 0.787. The van der Waals surface area contributed by atoms with E-state index in [1.54, 1.807) is 6.20 Å². The molecule has 0 aliphatic carbocycles. The fraction of sp³-hybridized carbons (Fsp3) is 0.267.